The van der Waals surface area contributed by atoms with Crippen LogP contribution < -0.4 is 21.3 Å². The van der Waals surface area contributed by atoms with Gasteiger partial charge in [0.05, 0.1) is 40.2 Å². The van der Waals surface area contributed by atoms with Crippen LogP contribution in [0.1, 0.15) is 37.6 Å². The van der Waals surface area contributed by atoms with Gasteiger partial charge in [0.25, 0.3) is 5.91 Å². The average Bonchev–Trinajstić information content (AvgIpc) is 3.32. The van der Waals surface area contributed by atoms with Crippen molar-refractivity contribution >= 4 is 50.7 Å². The average molecular weight is 512 g/mol. The van der Waals surface area contributed by atoms with E-state index < -0.39 is 0 Å². The van der Waals surface area contributed by atoms with Crippen LogP contribution in [0.4, 0.5) is 22.0 Å². The van der Waals surface area contributed by atoms with Gasteiger partial charge in [-0.3, -0.25) is 4.79 Å². The number of hydrogen-bond acceptors (Lipinski definition) is 8. The van der Waals surface area contributed by atoms with E-state index in [0.29, 0.717) is 56.3 Å². The molecule has 0 bridgehead atoms. The van der Waals surface area contributed by atoms with Gasteiger partial charge in [-0.1, -0.05) is 0 Å². The van der Waals surface area contributed by atoms with Crippen molar-refractivity contribution in [3.8, 4) is 0 Å². The molecular formula is C25H33N7O3S. The standard InChI is InChI=1S/C25H33N7O3S/c1-16(2)29-21-13-23(31-18-4-5-20-22(12-18)36-15-28-20)27-14-19(21)24(33)26-7-6-17(3)30-25(34)32-8-10-35-11-9-32/h4-5,12-17H,6-11H2,1-3H3,(H,26,33)(H,30,34)(H2,27,29,31). The van der Waals surface area contributed by atoms with Crippen molar-refractivity contribution in [2.45, 2.75) is 39.3 Å². The second-order valence-corrected chi connectivity index (χ2v) is 9.95. The summed E-state index contributed by atoms with van der Waals surface area (Å²) in [6.07, 6.45) is 2.19. The molecule has 3 amide bonds. The van der Waals surface area contributed by atoms with Crippen LogP contribution in [0.2, 0.25) is 0 Å². The number of carbonyl (C=O) groups is 2. The number of carbonyl (C=O) groups excluding carboxylic acids is 2. The summed E-state index contributed by atoms with van der Waals surface area (Å²) in [5.41, 5.74) is 4.86. The molecule has 0 spiro atoms. The number of aromatic nitrogens is 2. The predicted molar refractivity (Wildman–Crippen MR) is 143 cm³/mol. The third kappa shape index (κ3) is 6.82. The molecule has 3 aromatic rings. The molecule has 192 valence electrons. The molecule has 0 aliphatic carbocycles. The van der Waals surface area contributed by atoms with Gasteiger partial charge in [0.15, 0.2) is 0 Å². The van der Waals surface area contributed by atoms with Crippen molar-refractivity contribution in [3.05, 3.63) is 41.5 Å². The minimum Gasteiger partial charge on any atom is -0.382 e. The zero-order valence-electron chi connectivity index (χ0n) is 20.8. The molecule has 0 radical (unpaired) electrons. The summed E-state index contributed by atoms with van der Waals surface area (Å²) < 4.78 is 6.38. The number of hydrogen-bond donors (Lipinski definition) is 4. The zero-order chi connectivity index (χ0) is 25.5. The number of nitrogens with one attached hydrogen (secondary N) is 4. The molecule has 10 nitrogen and oxygen atoms in total. The number of amides is 3. The molecule has 1 atom stereocenters. The monoisotopic (exact) mass is 511 g/mol. The van der Waals surface area contributed by atoms with Gasteiger partial charge in [-0.25, -0.2) is 14.8 Å². The Bertz CT molecular complexity index is 1190. The van der Waals surface area contributed by atoms with E-state index in [2.05, 4.69) is 31.2 Å². The van der Waals surface area contributed by atoms with E-state index in [0.717, 1.165) is 15.9 Å². The van der Waals surface area contributed by atoms with E-state index in [-0.39, 0.29) is 24.0 Å². The first-order chi connectivity index (χ1) is 17.4. The Balaban J connectivity index is 1.34. The molecule has 4 rings (SSSR count). The van der Waals surface area contributed by atoms with Crippen LogP contribution in [0.3, 0.4) is 0 Å². The van der Waals surface area contributed by atoms with E-state index >= 15 is 0 Å². The van der Waals surface area contributed by atoms with Crippen LogP contribution in [0.15, 0.2) is 36.0 Å². The summed E-state index contributed by atoms with van der Waals surface area (Å²) in [6.45, 7) is 8.72. The zero-order valence-corrected chi connectivity index (χ0v) is 21.7. The number of ether oxygens (including phenoxy) is 1. The van der Waals surface area contributed by atoms with Crippen molar-refractivity contribution in [1.82, 2.24) is 25.5 Å². The maximum atomic E-state index is 13.0. The van der Waals surface area contributed by atoms with E-state index in [4.69, 9.17) is 4.74 Å². The van der Waals surface area contributed by atoms with E-state index in [1.54, 1.807) is 22.4 Å². The van der Waals surface area contributed by atoms with Crippen LogP contribution in [0.25, 0.3) is 10.2 Å². The normalized spacial score (nSPS) is 14.5. The first kappa shape index (κ1) is 25.6. The fraction of sp³-hybridized carbons (Fsp3) is 0.440. The van der Waals surface area contributed by atoms with Gasteiger partial charge in [-0.05, 0) is 45.4 Å². The molecule has 11 heteroatoms. The summed E-state index contributed by atoms with van der Waals surface area (Å²) in [7, 11) is 0. The third-order valence-corrected chi connectivity index (χ3v) is 6.52. The first-order valence-electron chi connectivity index (χ1n) is 12.2. The first-order valence-corrected chi connectivity index (χ1v) is 13.1. The van der Waals surface area contributed by atoms with Gasteiger partial charge in [-0.2, -0.15) is 0 Å². The lowest BCUT2D eigenvalue weighted by atomic mass is 10.1. The summed E-state index contributed by atoms with van der Waals surface area (Å²) in [5, 5.41) is 12.6. The number of anilines is 3. The number of fused-ring (bicyclic) bond motifs is 1. The smallest absolute Gasteiger partial charge is 0.317 e. The lowest BCUT2D eigenvalue weighted by molar-refractivity contribution is 0.0525. The minimum absolute atomic E-state index is 0.0745. The third-order valence-electron chi connectivity index (χ3n) is 5.73. The number of pyridine rings is 1. The van der Waals surface area contributed by atoms with Crippen molar-refractivity contribution in [1.29, 1.82) is 0 Å². The quantitative estimate of drug-likeness (QED) is 0.345. The van der Waals surface area contributed by atoms with Crippen LogP contribution in [-0.4, -0.2) is 71.7 Å². The molecule has 4 N–H and O–H groups in total. The molecule has 2 aromatic heterocycles. The molecule has 1 aromatic carbocycles. The van der Waals surface area contributed by atoms with Gasteiger partial charge >= 0.3 is 6.03 Å². The Morgan fingerprint density at radius 3 is 2.72 bits per heavy atom. The maximum absolute atomic E-state index is 13.0. The summed E-state index contributed by atoms with van der Waals surface area (Å²) in [6, 6.07) is 7.76. The highest BCUT2D eigenvalue weighted by molar-refractivity contribution is 7.16. The molecule has 1 unspecified atom stereocenters. The lowest BCUT2D eigenvalue weighted by Gasteiger charge is -2.28. The molecule has 1 aliphatic heterocycles. The van der Waals surface area contributed by atoms with Gasteiger partial charge in [-0.15, -0.1) is 11.3 Å². The molecule has 3 heterocycles. The molecule has 1 saturated heterocycles. The summed E-state index contributed by atoms with van der Waals surface area (Å²) in [5.74, 6) is 0.424. The molecule has 1 fully saturated rings. The van der Waals surface area contributed by atoms with Crippen LogP contribution in [0.5, 0.6) is 0 Å². The highest BCUT2D eigenvalue weighted by Crippen LogP contribution is 2.26. The van der Waals surface area contributed by atoms with E-state index in [9.17, 15) is 9.59 Å². The van der Waals surface area contributed by atoms with E-state index in [1.807, 2.05) is 50.5 Å². The molecular weight excluding hydrogens is 478 g/mol. The van der Waals surface area contributed by atoms with Crippen molar-refractivity contribution in [2.75, 3.05) is 43.5 Å². The number of morpholine rings is 1. The number of rotatable bonds is 9. The summed E-state index contributed by atoms with van der Waals surface area (Å²) >= 11 is 1.58. The fourth-order valence-corrected chi connectivity index (χ4v) is 4.57. The Hall–Kier alpha value is -3.44. The molecule has 0 saturated carbocycles. The Morgan fingerprint density at radius 1 is 1.14 bits per heavy atom. The predicted octanol–water partition coefficient (Wildman–Crippen LogP) is 3.81. The lowest BCUT2D eigenvalue weighted by Crippen LogP contribution is -2.49. The van der Waals surface area contributed by atoms with Gasteiger partial charge in [0.2, 0.25) is 0 Å². The van der Waals surface area contributed by atoms with Crippen LogP contribution in [0, 0.1) is 0 Å². The Labute approximate surface area is 214 Å². The second-order valence-electron chi connectivity index (χ2n) is 9.07. The minimum atomic E-state index is -0.213. The van der Waals surface area contributed by atoms with E-state index in [1.165, 1.54) is 0 Å². The fourth-order valence-electron chi connectivity index (χ4n) is 3.85. The van der Waals surface area contributed by atoms with Crippen molar-refractivity contribution in [3.63, 3.8) is 0 Å². The SMILES string of the molecule is CC(C)Nc1cc(Nc2ccc3ncsc3c2)ncc1C(=O)NCCC(C)NC(=O)N1CCOCC1. The number of urea groups is 1. The molecule has 36 heavy (non-hydrogen) atoms. The van der Waals surface area contributed by atoms with Crippen LogP contribution in [-0.2, 0) is 4.74 Å². The number of thiazole rings is 1. The summed E-state index contributed by atoms with van der Waals surface area (Å²) in [4.78, 5) is 35.8. The van der Waals surface area contributed by atoms with Gasteiger partial charge in [0, 0.05) is 49.7 Å². The van der Waals surface area contributed by atoms with Gasteiger partial charge < -0.3 is 30.9 Å². The Morgan fingerprint density at radius 2 is 1.94 bits per heavy atom. The highest BCUT2D eigenvalue weighted by Gasteiger charge is 2.19. The van der Waals surface area contributed by atoms with Crippen LogP contribution >= 0.6 is 11.3 Å². The van der Waals surface area contributed by atoms with Crippen molar-refractivity contribution in [2.24, 2.45) is 0 Å². The largest absolute Gasteiger partial charge is 0.382 e. The van der Waals surface area contributed by atoms with Gasteiger partial charge in [0.1, 0.15) is 5.82 Å². The number of benzene rings is 1. The highest BCUT2D eigenvalue weighted by atomic mass is 32.1. The van der Waals surface area contributed by atoms with Crippen molar-refractivity contribution < 1.29 is 14.3 Å². The topological polar surface area (TPSA) is 121 Å². The maximum Gasteiger partial charge on any atom is 0.317 e. The number of nitrogens with zero attached hydrogens (tertiary/aromatic N) is 3. The molecule has 1 aliphatic rings. The Kier molecular flexibility index (Phi) is 8.55. The second kappa shape index (κ2) is 12.0.